The summed E-state index contributed by atoms with van der Waals surface area (Å²) < 4.78 is 7.02. The first-order valence-electron chi connectivity index (χ1n) is 11.6. The van der Waals surface area contributed by atoms with E-state index in [4.69, 9.17) is 27.9 Å². The number of anilines is 1. The molecule has 1 N–H and O–H groups in total. The molecule has 8 nitrogen and oxygen atoms in total. The van der Waals surface area contributed by atoms with Crippen LogP contribution in [0.2, 0.25) is 10.0 Å². The summed E-state index contributed by atoms with van der Waals surface area (Å²) in [5.41, 5.74) is 2.71. The van der Waals surface area contributed by atoms with Gasteiger partial charge in [-0.15, -0.1) is 0 Å². The Labute approximate surface area is 219 Å². The molecule has 1 atom stereocenters. The topological polar surface area (TPSA) is 79.7 Å². The Morgan fingerprint density at radius 2 is 1.69 bits per heavy atom. The molecular weight excluding hydrogens is 501 g/mol. The fourth-order valence-electron chi connectivity index (χ4n) is 4.70. The second kappa shape index (κ2) is 9.87. The lowest BCUT2D eigenvalue weighted by atomic mass is 9.94. The Kier molecular flexibility index (Phi) is 6.64. The minimum Gasteiger partial charge on any atom is -0.497 e. The van der Waals surface area contributed by atoms with E-state index in [1.54, 1.807) is 64.2 Å². The minimum atomic E-state index is -0.463. The van der Waals surface area contributed by atoms with Gasteiger partial charge in [0.2, 0.25) is 0 Å². The predicted molar refractivity (Wildman–Crippen MR) is 139 cm³/mol. The van der Waals surface area contributed by atoms with Gasteiger partial charge in [0.1, 0.15) is 17.6 Å². The number of ether oxygens (including phenoxy) is 1. The molecule has 1 saturated heterocycles. The van der Waals surface area contributed by atoms with E-state index in [2.05, 4.69) is 10.4 Å². The molecule has 2 amide bonds. The third-order valence-corrected chi connectivity index (χ3v) is 7.31. The molecule has 0 saturated carbocycles. The molecule has 5 rings (SSSR count). The number of fused-ring (bicyclic) bond motifs is 1. The summed E-state index contributed by atoms with van der Waals surface area (Å²) in [5, 5.41) is 8.62. The molecular formula is C26H25Cl2N5O3. The Hall–Kier alpha value is -3.49. The van der Waals surface area contributed by atoms with Crippen LogP contribution >= 0.6 is 23.2 Å². The number of nitrogens with zero attached hydrogens (tertiary/aromatic N) is 4. The third-order valence-electron chi connectivity index (χ3n) is 6.57. The van der Waals surface area contributed by atoms with Gasteiger partial charge < -0.3 is 19.9 Å². The number of carbonyl (C=O) groups is 2. The molecule has 10 heteroatoms. The number of piperazine rings is 1. The van der Waals surface area contributed by atoms with Crippen molar-refractivity contribution in [2.45, 2.75) is 13.0 Å². The largest absolute Gasteiger partial charge is 0.497 e. The van der Waals surface area contributed by atoms with Gasteiger partial charge in [0.05, 0.1) is 28.9 Å². The lowest BCUT2D eigenvalue weighted by molar-refractivity contribution is -0.129. The zero-order chi connectivity index (χ0) is 25.4. The standard InChI is InChI=1S/C26H25Cl2N5O3/c1-16-23(24(33-22(30-16)8-9-29-33)17-6-7-20(27)21(28)15-17)26(35)32-12-10-31(11-13-32)25(34)18-4-3-5-19(14-18)36-2/h3-9,14-15,24,30H,10-13H2,1-2H3. The van der Waals surface area contributed by atoms with Crippen molar-refractivity contribution < 1.29 is 14.3 Å². The van der Waals surface area contributed by atoms with E-state index in [0.29, 0.717) is 53.1 Å². The van der Waals surface area contributed by atoms with Gasteiger partial charge in [0.25, 0.3) is 11.8 Å². The van der Waals surface area contributed by atoms with Gasteiger partial charge in [-0.1, -0.05) is 35.3 Å². The molecule has 2 aliphatic rings. The molecule has 0 aliphatic carbocycles. The number of hydrogen-bond acceptors (Lipinski definition) is 5. The molecule has 1 unspecified atom stereocenters. The molecule has 2 aromatic carbocycles. The summed E-state index contributed by atoms with van der Waals surface area (Å²) in [6.07, 6.45) is 1.69. The molecule has 1 aromatic heterocycles. The maximum Gasteiger partial charge on any atom is 0.254 e. The van der Waals surface area contributed by atoms with Crippen molar-refractivity contribution in [2.24, 2.45) is 0 Å². The van der Waals surface area contributed by atoms with E-state index >= 15 is 0 Å². The highest BCUT2D eigenvalue weighted by molar-refractivity contribution is 6.42. The molecule has 1 fully saturated rings. The van der Waals surface area contributed by atoms with Gasteiger partial charge in [0.15, 0.2) is 0 Å². The SMILES string of the molecule is COc1cccc(C(=O)N2CCN(C(=O)C3=C(C)Nc4ccnn4C3c3ccc(Cl)c(Cl)c3)CC2)c1. The van der Waals surface area contributed by atoms with Crippen LogP contribution in [-0.4, -0.2) is 64.7 Å². The lowest BCUT2D eigenvalue weighted by Crippen LogP contribution is -2.51. The van der Waals surface area contributed by atoms with Gasteiger partial charge in [-0.05, 0) is 42.8 Å². The molecule has 2 aliphatic heterocycles. The number of nitrogens with one attached hydrogen (secondary N) is 1. The maximum atomic E-state index is 13.9. The Morgan fingerprint density at radius 3 is 2.39 bits per heavy atom. The average molecular weight is 526 g/mol. The van der Waals surface area contributed by atoms with E-state index in [1.807, 2.05) is 19.1 Å². The Balaban J connectivity index is 1.37. The van der Waals surface area contributed by atoms with Gasteiger partial charge >= 0.3 is 0 Å². The van der Waals surface area contributed by atoms with E-state index in [0.717, 1.165) is 17.1 Å². The van der Waals surface area contributed by atoms with Crippen molar-refractivity contribution in [1.29, 1.82) is 0 Å². The van der Waals surface area contributed by atoms with Crippen LogP contribution in [0.15, 0.2) is 66.0 Å². The average Bonchev–Trinajstić information content (AvgIpc) is 3.37. The number of amides is 2. The van der Waals surface area contributed by atoms with E-state index in [1.165, 1.54) is 0 Å². The second-order valence-electron chi connectivity index (χ2n) is 8.72. The first-order chi connectivity index (χ1) is 17.4. The number of allylic oxidation sites excluding steroid dienone is 1. The monoisotopic (exact) mass is 525 g/mol. The fraction of sp³-hybridized carbons (Fsp3) is 0.269. The number of aromatic nitrogens is 2. The molecule has 3 heterocycles. The zero-order valence-corrected chi connectivity index (χ0v) is 21.4. The van der Waals surface area contributed by atoms with Crippen molar-refractivity contribution in [3.63, 3.8) is 0 Å². The molecule has 0 spiro atoms. The van der Waals surface area contributed by atoms with Crippen LogP contribution in [0, 0.1) is 0 Å². The fourth-order valence-corrected chi connectivity index (χ4v) is 5.00. The number of benzene rings is 2. The summed E-state index contributed by atoms with van der Waals surface area (Å²) in [7, 11) is 1.57. The van der Waals surface area contributed by atoms with Crippen molar-refractivity contribution in [3.05, 3.63) is 87.2 Å². The number of rotatable bonds is 4. The molecule has 0 radical (unpaired) electrons. The van der Waals surface area contributed by atoms with Crippen molar-refractivity contribution in [1.82, 2.24) is 19.6 Å². The van der Waals surface area contributed by atoms with Crippen molar-refractivity contribution in [2.75, 3.05) is 38.6 Å². The lowest BCUT2D eigenvalue weighted by Gasteiger charge is -2.38. The quantitative estimate of drug-likeness (QED) is 0.543. The van der Waals surface area contributed by atoms with Gasteiger partial charge in [-0.3, -0.25) is 9.59 Å². The minimum absolute atomic E-state index is 0.0782. The molecule has 186 valence electrons. The first-order valence-corrected chi connectivity index (χ1v) is 12.3. The van der Waals surface area contributed by atoms with Gasteiger partial charge in [-0.25, -0.2) is 4.68 Å². The normalized spacial score (nSPS) is 17.5. The highest BCUT2D eigenvalue weighted by Crippen LogP contribution is 2.38. The zero-order valence-electron chi connectivity index (χ0n) is 19.9. The van der Waals surface area contributed by atoms with Crippen LogP contribution in [0.1, 0.15) is 28.9 Å². The summed E-state index contributed by atoms with van der Waals surface area (Å²) in [6, 6.07) is 13.9. The Morgan fingerprint density at radius 1 is 0.972 bits per heavy atom. The highest BCUT2D eigenvalue weighted by Gasteiger charge is 2.36. The van der Waals surface area contributed by atoms with Gasteiger partial charge in [-0.2, -0.15) is 5.10 Å². The number of halogens is 2. The van der Waals surface area contributed by atoms with Crippen LogP contribution in [0.3, 0.4) is 0 Å². The van der Waals surface area contributed by atoms with E-state index in [-0.39, 0.29) is 11.8 Å². The summed E-state index contributed by atoms with van der Waals surface area (Å²) >= 11 is 12.5. The van der Waals surface area contributed by atoms with Crippen LogP contribution in [-0.2, 0) is 4.79 Å². The van der Waals surface area contributed by atoms with Gasteiger partial charge in [0, 0.05) is 43.5 Å². The third kappa shape index (κ3) is 4.42. The smallest absolute Gasteiger partial charge is 0.254 e. The molecule has 3 aromatic rings. The highest BCUT2D eigenvalue weighted by atomic mass is 35.5. The number of hydrogen-bond donors (Lipinski definition) is 1. The first kappa shape index (κ1) is 24.2. The number of methoxy groups -OCH3 is 1. The van der Waals surface area contributed by atoms with Crippen LogP contribution in [0.5, 0.6) is 5.75 Å². The molecule has 36 heavy (non-hydrogen) atoms. The number of carbonyl (C=O) groups excluding carboxylic acids is 2. The summed E-state index contributed by atoms with van der Waals surface area (Å²) in [4.78, 5) is 30.4. The van der Waals surface area contributed by atoms with E-state index in [9.17, 15) is 9.59 Å². The van der Waals surface area contributed by atoms with Crippen LogP contribution in [0.4, 0.5) is 5.82 Å². The summed E-state index contributed by atoms with van der Waals surface area (Å²) in [6.45, 7) is 3.60. The van der Waals surface area contributed by atoms with Crippen molar-refractivity contribution >= 4 is 40.8 Å². The summed E-state index contributed by atoms with van der Waals surface area (Å²) in [5.74, 6) is 1.23. The second-order valence-corrected chi connectivity index (χ2v) is 9.53. The van der Waals surface area contributed by atoms with Crippen molar-refractivity contribution in [3.8, 4) is 5.75 Å². The predicted octanol–water partition coefficient (Wildman–Crippen LogP) is 4.47. The molecule has 0 bridgehead atoms. The van der Waals surface area contributed by atoms with Crippen LogP contribution in [0.25, 0.3) is 0 Å². The maximum absolute atomic E-state index is 13.9. The Bertz CT molecular complexity index is 1360. The van der Waals surface area contributed by atoms with E-state index < -0.39 is 6.04 Å². The van der Waals surface area contributed by atoms with Crippen LogP contribution < -0.4 is 10.1 Å².